The lowest BCUT2D eigenvalue weighted by atomic mass is 10.4. The summed E-state index contributed by atoms with van der Waals surface area (Å²) in [6, 6.07) is -0.184. The van der Waals surface area contributed by atoms with Crippen LogP contribution in [0.4, 0.5) is 13.2 Å². The molecule has 0 aliphatic carbocycles. The van der Waals surface area contributed by atoms with E-state index in [0.29, 0.717) is 0 Å². The van der Waals surface area contributed by atoms with Gasteiger partial charge in [-0.2, -0.15) is 13.2 Å². The summed E-state index contributed by atoms with van der Waals surface area (Å²) >= 11 is 0. The maximum Gasteiger partial charge on any atom is 0.448 e. The zero-order chi connectivity index (χ0) is 7.78. The minimum absolute atomic E-state index is 0.184. The van der Waals surface area contributed by atoms with Gasteiger partial charge in [0, 0.05) is 6.04 Å². The van der Waals surface area contributed by atoms with Crippen LogP contribution in [0.1, 0.15) is 6.92 Å². The Morgan fingerprint density at radius 1 is 1.60 bits per heavy atom. The van der Waals surface area contributed by atoms with Crippen molar-refractivity contribution >= 4 is 5.84 Å². The molecule has 0 spiro atoms. The number of nitrogens with one attached hydrogen (secondary N) is 1. The maximum absolute atomic E-state index is 11.7. The Labute approximate surface area is 56.1 Å². The van der Waals surface area contributed by atoms with Crippen molar-refractivity contribution in [1.82, 2.24) is 5.32 Å². The van der Waals surface area contributed by atoms with Gasteiger partial charge < -0.3 is 5.32 Å². The molecule has 0 aromatic rings. The van der Waals surface area contributed by atoms with Crippen LogP contribution in [-0.4, -0.2) is 24.6 Å². The second-order valence-corrected chi connectivity index (χ2v) is 2.23. The van der Waals surface area contributed by atoms with Crippen molar-refractivity contribution in [1.29, 1.82) is 0 Å². The van der Waals surface area contributed by atoms with Crippen LogP contribution in [0.15, 0.2) is 4.99 Å². The summed E-state index contributed by atoms with van der Waals surface area (Å²) in [5, 5.41) is 2.22. The van der Waals surface area contributed by atoms with Crippen LogP contribution in [0.2, 0.25) is 0 Å². The summed E-state index contributed by atoms with van der Waals surface area (Å²) in [6.45, 7) is 1.87. The first-order valence-electron chi connectivity index (χ1n) is 2.88. The van der Waals surface area contributed by atoms with E-state index in [4.69, 9.17) is 0 Å². The summed E-state index contributed by atoms with van der Waals surface area (Å²) in [4.78, 5) is 3.27. The van der Waals surface area contributed by atoms with Gasteiger partial charge in [-0.05, 0) is 6.92 Å². The lowest BCUT2D eigenvalue weighted by Gasteiger charge is -2.07. The molecule has 1 heterocycles. The molecule has 0 amide bonds. The van der Waals surface area contributed by atoms with Crippen molar-refractivity contribution < 1.29 is 13.2 Å². The molecule has 0 aromatic carbocycles. The van der Waals surface area contributed by atoms with E-state index in [1.165, 1.54) is 0 Å². The Morgan fingerprint density at radius 3 is 2.40 bits per heavy atom. The zero-order valence-corrected chi connectivity index (χ0v) is 5.37. The van der Waals surface area contributed by atoms with Crippen LogP contribution in [0.3, 0.4) is 0 Å². The van der Waals surface area contributed by atoms with Gasteiger partial charge in [0.15, 0.2) is 0 Å². The standard InChI is InChI=1S/C5H7F3N2/c1-3-2-9-4(10-3)5(6,7)8/h3H,2H2,1H3,(H,9,10). The number of hydrogen-bond donors (Lipinski definition) is 1. The molecule has 1 atom stereocenters. The molecule has 0 saturated carbocycles. The van der Waals surface area contributed by atoms with E-state index in [1.807, 2.05) is 0 Å². The SMILES string of the molecule is CC1CN=C(C(F)(F)F)N1. The molecule has 58 valence electrons. The van der Waals surface area contributed by atoms with Crippen LogP contribution in [0.5, 0.6) is 0 Å². The van der Waals surface area contributed by atoms with Gasteiger partial charge in [-0.15, -0.1) is 0 Å². The minimum atomic E-state index is -4.30. The first kappa shape index (κ1) is 7.37. The van der Waals surface area contributed by atoms with Gasteiger partial charge in [-0.1, -0.05) is 0 Å². The van der Waals surface area contributed by atoms with Gasteiger partial charge in [0.1, 0.15) is 0 Å². The molecule has 1 unspecified atom stereocenters. The summed E-state index contributed by atoms with van der Waals surface area (Å²) in [6.07, 6.45) is -4.30. The minimum Gasteiger partial charge on any atom is -0.362 e. The first-order valence-corrected chi connectivity index (χ1v) is 2.88. The predicted molar refractivity (Wildman–Crippen MR) is 31.0 cm³/mol. The molecular formula is C5H7F3N2. The normalized spacial score (nSPS) is 26.0. The fourth-order valence-corrected chi connectivity index (χ4v) is 0.724. The smallest absolute Gasteiger partial charge is 0.362 e. The fraction of sp³-hybridized carbons (Fsp3) is 0.800. The lowest BCUT2D eigenvalue weighted by molar-refractivity contribution is -0.0613. The van der Waals surface area contributed by atoms with Crippen LogP contribution >= 0.6 is 0 Å². The molecule has 0 fully saturated rings. The third-order valence-electron chi connectivity index (χ3n) is 1.17. The maximum atomic E-state index is 11.7. The second-order valence-electron chi connectivity index (χ2n) is 2.23. The first-order chi connectivity index (χ1) is 4.50. The van der Waals surface area contributed by atoms with Gasteiger partial charge in [-0.25, -0.2) is 0 Å². The summed E-state index contributed by atoms with van der Waals surface area (Å²) in [5.41, 5.74) is 0. The molecule has 2 nitrogen and oxygen atoms in total. The number of halogens is 3. The third kappa shape index (κ3) is 1.40. The Balaban J connectivity index is 2.60. The highest BCUT2D eigenvalue weighted by Gasteiger charge is 2.38. The number of hydrogen-bond acceptors (Lipinski definition) is 2. The molecule has 1 aliphatic rings. The summed E-state index contributed by atoms with van der Waals surface area (Å²) in [7, 11) is 0. The monoisotopic (exact) mass is 152 g/mol. The van der Waals surface area contributed by atoms with E-state index in [2.05, 4.69) is 10.3 Å². The molecule has 5 heteroatoms. The largest absolute Gasteiger partial charge is 0.448 e. The van der Waals surface area contributed by atoms with Gasteiger partial charge >= 0.3 is 6.18 Å². The van der Waals surface area contributed by atoms with Crippen molar-refractivity contribution in [2.75, 3.05) is 6.54 Å². The Kier molecular flexibility index (Phi) is 1.58. The average Bonchev–Trinajstić information content (AvgIpc) is 2.11. The second kappa shape index (κ2) is 2.14. The van der Waals surface area contributed by atoms with E-state index in [1.54, 1.807) is 6.92 Å². The highest BCUT2D eigenvalue weighted by molar-refractivity contribution is 5.89. The predicted octanol–water partition coefficient (Wildman–Crippen LogP) is 0.939. The van der Waals surface area contributed by atoms with E-state index in [-0.39, 0.29) is 12.6 Å². The van der Waals surface area contributed by atoms with Gasteiger partial charge in [-0.3, -0.25) is 4.99 Å². The molecule has 1 N–H and O–H groups in total. The number of alkyl halides is 3. The highest BCUT2D eigenvalue weighted by atomic mass is 19.4. The van der Waals surface area contributed by atoms with Crippen molar-refractivity contribution in [2.24, 2.45) is 4.99 Å². The van der Waals surface area contributed by atoms with E-state index in [0.717, 1.165) is 0 Å². The number of nitrogens with zero attached hydrogens (tertiary/aromatic N) is 1. The van der Waals surface area contributed by atoms with Crippen molar-refractivity contribution in [3.05, 3.63) is 0 Å². The van der Waals surface area contributed by atoms with Crippen molar-refractivity contribution in [3.63, 3.8) is 0 Å². The Morgan fingerprint density at radius 2 is 2.20 bits per heavy atom. The number of aliphatic imine (C=N–C) groups is 1. The van der Waals surface area contributed by atoms with Crippen molar-refractivity contribution in [2.45, 2.75) is 19.1 Å². The molecule has 1 rings (SSSR count). The van der Waals surface area contributed by atoms with Gasteiger partial charge in [0.05, 0.1) is 6.54 Å². The Hall–Kier alpha value is -0.740. The molecule has 0 saturated heterocycles. The highest BCUT2D eigenvalue weighted by Crippen LogP contribution is 2.18. The van der Waals surface area contributed by atoms with Crippen LogP contribution in [0.25, 0.3) is 0 Å². The van der Waals surface area contributed by atoms with Crippen LogP contribution in [0, 0.1) is 0 Å². The van der Waals surface area contributed by atoms with Gasteiger partial charge in [0.2, 0.25) is 5.84 Å². The molecule has 10 heavy (non-hydrogen) atoms. The lowest BCUT2D eigenvalue weighted by Crippen LogP contribution is -2.37. The van der Waals surface area contributed by atoms with Crippen molar-refractivity contribution in [3.8, 4) is 0 Å². The Bertz CT molecular complexity index is 161. The number of rotatable bonds is 0. The molecule has 0 radical (unpaired) electrons. The molecule has 1 aliphatic heterocycles. The topological polar surface area (TPSA) is 24.4 Å². The summed E-state index contributed by atoms with van der Waals surface area (Å²) < 4.78 is 35.2. The average molecular weight is 152 g/mol. The number of amidine groups is 1. The van der Waals surface area contributed by atoms with Crippen LogP contribution in [-0.2, 0) is 0 Å². The molecular weight excluding hydrogens is 145 g/mol. The van der Waals surface area contributed by atoms with E-state index in [9.17, 15) is 13.2 Å². The molecule has 0 bridgehead atoms. The summed E-state index contributed by atoms with van der Waals surface area (Å²) in [5.74, 6) is -0.847. The van der Waals surface area contributed by atoms with Crippen LogP contribution < -0.4 is 5.32 Å². The van der Waals surface area contributed by atoms with E-state index >= 15 is 0 Å². The molecule has 0 aromatic heterocycles. The quantitative estimate of drug-likeness (QED) is 0.548. The fourth-order valence-electron chi connectivity index (χ4n) is 0.724. The third-order valence-corrected chi connectivity index (χ3v) is 1.17. The zero-order valence-electron chi connectivity index (χ0n) is 5.37. The van der Waals surface area contributed by atoms with E-state index < -0.39 is 12.0 Å². The van der Waals surface area contributed by atoms with Gasteiger partial charge in [0.25, 0.3) is 0 Å².